The number of hydrogen-bond acceptors (Lipinski definition) is 5. The van der Waals surface area contributed by atoms with E-state index in [0.717, 1.165) is 35.9 Å². The van der Waals surface area contributed by atoms with Crippen LogP contribution in [0.2, 0.25) is 0 Å². The van der Waals surface area contributed by atoms with Crippen LogP contribution in [-0.2, 0) is 6.54 Å². The minimum absolute atomic E-state index is 0.508. The van der Waals surface area contributed by atoms with E-state index in [1.165, 1.54) is 0 Å². The fourth-order valence-electron chi connectivity index (χ4n) is 2.31. The smallest absolute Gasteiger partial charge is 0.488 e. The molecule has 1 saturated heterocycles. The summed E-state index contributed by atoms with van der Waals surface area (Å²) in [4.78, 5) is 2.37. The first-order valence-electron chi connectivity index (χ1n) is 6.46. The van der Waals surface area contributed by atoms with Gasteiger partial charge < -0.3 is 14.8 Å². The van der Waals surface area contributed by atoms with Crippen molar-refractivity contribution in [2.45, 2.75) is 19.5 Å². The molecule has 6 heteroatoms. The second kappa shape index (κ2) is 6.66. The van der Waals surface area contributed by atoms with Crippen molar-refractivity contribution in [3.8, 4) is 5.75 Å². The molecule has 1 unspecified atom stereocenters. The molecule has 2 rings (SSSR count). The molecule has 0 amide bonds. The van der Waals surface area contributed by atoms with Crippen LogP contribution in [-0.4, -0.2) is 53.3 Å². The molecule has 1 heterocycles. The minimum Gasteiger partial charge on any atom is -0.497 e. The molecule has 0 aromatic heterocycles. The Balaban J connectivity index is 2.21. The lowest BCUT2D eigenvalue weighted by atomic mass is 9.76. The van der Waals surface area contributed by atoms with Crippen molar-refractivity contribution in [1.82, 2.24) is 4.90 Å². The van der Waals surface area contributed by atoms with Crippen LogP contribution < -0.4 is 10.2 Å². The van der Waals surface area contributed by atoms with Gasteiger partial charge in [0, 0.05) is 30.6 Å². The van der Waals surface area contributed by atoms with E-state index in [4.69, 9.17) is 4.74 Å². The number of ether oxygens (including phenoxy) is 1. The van der Waals surface area contributed by atoms with Gasteiger partial charge in [-0.15, -0.1) is 0 Å². The van der Waals surface area contributed by atoms with Crippen LogP contribution in [0, 0.1) is 0 Å². The molecule has 1 aromatic carbocycles. The molecular formula is C13H20BNO3S. The van der Waals surface area contributed by atoms with E-state index in [1.807, 2.05) is 17.8 Å². The molecule has 0 spiro atoms. The normalized spacial score (nSPS) is 20.3. The molecule has 0 aliphatic carbocycles. The average molecular weight is 281 g/mol. The fraction of sp³-hybridized carbons (Fsp3) is 0.538. The van der Waals surface area contributed by atoms with Crippen molar-refractivity contribution in [3.63, 3.8) is 0 Å². The van der Waals surface area contributed by atoms with Gasteiger partial charge in [0.25, 0.3) is 0 Å². The predicted octanol–water partition coefficient (Wildman–Crippen LogP) is 0.312. The Morgan fingerprint density at radius 2 is 2.26 bits per heavy atom. The van der Waals surface area contributed by atoms with Crippen LogP contribution >= 0.6 is 11.8 Å². The van der Waals surface area contributed by atoms with Crippen molar-refractivity contribution in [2.24, 2.45) is 0 Å². The highest BCUT2D eigenvalue weighted by Gasteiger charge is 2.22. The van der Waals surface area contributed by atoms with Gasteiger partial charge in [-0.2, -0.15) is 11.8 Å². The largest absolute Gasteiger partial charge is 0.497 e. The highest BCUT2D eigenvalue weighted by atomic mass is 32.2. The van der Waals surface area contributed by atoms with Crippen molar-refractivity contribution in [1.29, 1.82) is 0 Å². The number of nitrogens with zero attached hydrogens (tertiary/aromatic N) is 1. The molecule has 0 bridgehead atoms. The predicted molar refractivity (Wildman–Crippen MR) is 80.0 cm³/mol. The van der Waals surface area contributed by atoms with Crippen LogP contribution in [0.15, 0.2) is 18.2 Å². The van der Waals surface area contributed by atoms with Gasteiger partial charge in [0.2, 0.25) is 0 Å². The maximum Gasteiger partial charge on any atom is 0.488 e. The Morgan fingerprint density at radius 3 is 2.89 bits per heavy atom. The van der Waals surface area contributed by atoms with Crippen LogP contribution in [0.4, 0.5) is 0 Å². The minimum atomic E-state index is -1.43. The maximum absolute atomic E-state index is 9.46. The van der Waals surface area contributed by atoms with Gasteiger partial charge in [0.1, 0.15) is 5.75 Å². The summed E-state index contributed by atoms with van der Waals surface area (Å²) in [5.41, 5.74) is 1.49. The highest BCUT2D eigenvalue weighted by Crippen LogP contribution is 2.20. The van der Waals surface area contributed by atoms with Crippen molar-refractivity contribution in [2.75, 3.05) is 25.2 Å². The van der Waals surface area contributed by atoms with E-state index in [2.05, 4.69) is 11.8 Å². The third-order valence-corrected chi connectivity index (χ3v) is 4.70. The third-order valence-electron chi connectivity index (χ3n) is 3.51. The third kappa shape index (κ3) is 3.66. The summed E-state index contributed by atoms with van der Waals surface area (Å²) in [6.45, 7) is 3.97. The number of thioether (sulfide) groups is 1. The number of hydrogen-bond donors (Lipinski definition) is 2. The summed E-state index contributed by atoms with van der Waals surface area (Å²) in [6, 6.07) is 5.88. The summed E-state index contributed by atoms with van der Waals surface area (Å²) in [7, 11) is 0.185. The SMILES string of the molecule is COc1ccc(B(O)O)c(CN2CCSCC2C)c1. The summed E-state index contributed by atoms with van der Waals surface area (Å²) in [6.07, 6.45) is 0. The molecule has 4 nitrogen and oxygen atoms in total. The lowest BCUT2D eigenvalue weighted by molar-refractivity contribution is 0.224. The van der Waals surface area contributed by atoms with Crippen LogP contribution in [0.3, 0.4) is 0 Å². The second-order valence-electron chi connectivity index (χ2n) is 4.83. The van der Waals surface area contributed by atoms with Crippen molar-refractivity contribution in [3.05, 3.63) is 23.8 Å². The molecule has 0 saturated carbocycles. The van der Waals surface area contributed by atoms with E-state index >= 15 is 0 Å². The summed E-state index contributed by atoms with van der Waals surface area (Å²) >= 11 is 1.97. The first kappa shape index (κ1) is 14.7. The quantitative estimate of drug-likeness (QED) is 0.778. The zero-order chi connectivity index (χ0) is 13.8. The molecule has 1 atom stereocenters. The van der Waals surface area contributed by atoms with Crippen LogP contribution in [0.25, 0.3) is 0 Å². The van der Waals surface area contributed by atoms with E-state index in [9.17, 15) is 10.0 Å². The standard InChI is InChI=1S/C13H20BNO3S/c1-10-9-19-6-5-15(10)8-11-7-12(18-2)3-4-13(11)14(16)17/h3-4,7,10,16-17H,5-6,8-9H2,1-2H3. The van der Waals surface area contributed by atoms with Gasteiger partial charge in [0.15, 0.2) is 0 Å². The Labute approximate surface area is 118 Å². The lowest BCUT2D eigenvalue weighted by Gasteiger charge is -2.33. The molecule has 1 aliphatic rings. The van der Waals surface area contributed by atoms with Gasteiger partial charge >= 0.3 is 7.12 Å². The van der Waals surface area contributed by atoms with Gasteiger partial charge in [0.05, 0.1) is 7.11 Å². The van der Waals surface area contributed by atoms with Crippen LogP contribution in [0.5, 0.6) is 5.75 Å². The average Bonchev–Trinajstić information content (AvgIpc) is 2.41. The lowest BCUT2D eigenvalue weighted by Crippen LogP contribution is -2.42. The molecule has 1 aliphatic heterocycles. The van der Waals surface area contributed by atoms with Gasteiger partial charge in [-0.25, -0.2) is 0 Å². The Bertz CT molecular complexity index is 430. The zero-order valence-corrected chi connectivity index (χ0v) is 12.2. The highest BCUT2D eigenvalue weighted by molar-refractivity contribution is 7.99. The summed E-state index contributed by atoms with van der Waals surface area (Å²) in [5, 5.41) is 18.9. The maximum atomic E-state index is 9.46. The summed E-state index contributed by atoms with van der Waals surface area (Å²) in [5.74, 6) is 3.00. The number of benzene rings is 1. The second-order valence-corrected chi connectivity index (χ2v) is 5.98. The first-order chi connectivity index (χ1) is 9.11. The van der Waals surface area contributed by atoms with Gasteiger partial charge in [-0.3, -0.25) is 4.90 Å². The molecule has 1 fully saturated rings. The van der Waals surface area contributed by atoms with Crippen LogP contribution in [0.1, 0.15) is 12.5 Å². The van der Waals surface area contributed by atoms with E-state index in [0.29, 0.717) is 11.5 Å². The fourth-order valence-corrected chi connectivity index (χ4v) is 3.40. The number of methoxy groups -OCH3 is 1. The molecule has 104 valence electrons. The van der Waals surface area contributed by atoms with Crippen molar-refractivity contribution >= 4 is 24.3 Å². The molecule has 19 heavy (non-hydrogen) atoms. The zero-order valence-electron chi connectivity index (χ0n) is 11.4. The molecule has 1 aromatic rings. The first-order valence-corrected chi connectivity index (χ1v) is 7.62. The molecule has 2 N–H and O–H groups in total. The van der Waals surface area contributed by atoms with E-state index in [1.54, 1.807) is 19.2 Å². The topological polar surface area (TPSA) is 52.9 Å². The van der Waals surface area contributed by atoms with E-state index < -0.39 is 7.12 Å². The monoisotopic (exact) mass is 281 g/mol. The summed E-state index contributed by atoms with van der Waals surface area (Å²) < 4.78 is 5.22. The van der Waals surface area contributed by atoms with E-state index in [-0.39, 0.29) is 0 Å². The van der Waals surface area contributed by atoms with Gasteiger partial charge in [-0.05, 0) is 30.1 Å². The Hall–Kier alpha value is -0.685. The number of rotatable bonds is 4. The Kier molecular flexibility index (Phi) is 5.16. The Morgan fingerprint density at radius 1 is 1.47 bits per heavy atom. The molecular weight excluding hydrogens is 261 g/mol. The van der Waals surface area contributed by atoms with Crippen molar-refractivity contribution < 1.29 is 14.8 Å². The van der Waals surface area contributed by atoms with Gasteiger partial charge in [-0.1, -0.05) is 6.07 Å². The molecule has 0 radical (unpaired) electrons.